The summed E-state index contributed by atoms with van der Waals surface area (Å²) >= 11 is 0. The largest absolute Gasteiger partial charge is 0.384 e. The monoisotopic (exact) mass is 227 g/mol. The zero-order chi connectivity index (χ0) is 11.3. The minimum Gasteiger partial charge on any atom is -0.384 e. The highest BCUT2D eigenvalue weighted by Gasteiger charge is 2.11. The molecule has 0 heterocycles. The first kappa shape index (κ1) is 12.0. The van der Waals surface area contributed by atoms with Crippen LogP contribution in [0.25, 0.3) is 0 Å². The van der Waals surface area contributed by atoms with Gasteiger partial charge in [0.25, 0.3) is 0 Å². The van der Waals surface area contributed by atoms with Crippen molar-refractivity contribution in [2.75, 3.05) is 18.1 Å². The Kier molecular flexibility index (Phi) is 4.15. The van der Waals surface area contributed by atoms with E-state index in [9.17, 15) is 8.42 Å². The summed E-state index contributed by atoms with van der Waals surface area (Å²) in [7, 11) is -3.13. The van der Waals surface area contributed by atoms with E-state index in [2.05, 4.69) is 12.2 Å². The molecular weight excluding hydrogens is 210 g/mol. The van der Waals surface area contributed by atoms with Gasteiger partial charge in [0.1, 0.15) is 0 Å². The molecule has 0 aliphatic rings. The second-order valence-corrected chi connectivity index (χ2v) is 5.53. The number of sulfone groups is 1. The molecule has 0 saturated carbocycles. The lowest BCUT2D eigenvalue weighted by Gasteiger charge is -2.09. The molecule has 0 amide bonds. The van der Waals surface area contributed by atoms with Crippen molar-refractivity contribution in [3.05, 3.63) is 24.3 Å². The van der Waals surface area contributed by atoms with Crippen LogP contribution in [0.3, 0.4) is 0 Å². The Morgan fingerprint density at radius 1 is 1.27 bits per heavy atom. The maximum absolute atomic E-state index is 11.4. The van der Waals surface area contributed by atoms with Crippen LogP contribution in [0.4, 0.5) is 5.69 Å². The Bertz CT molecular complexity index is 412. The first-order valence-electron chi connectivity index (χ1n) is 5.08. The summed E-state index contributed by atoms with van der Waals surface area (Å²) in [5.41, 5.74) is 0.702. The van der Waals surface area contributed by atoms with Crippen molar-refractivity contribution in [3.8, 4) is 0 Å². The van der Waals surface area contributed by atoms with Crippen LogP contribution in [0.5, 0.6) is 0 Å². The van der Waals surface area contributed by atoms with Gasteiger partial charge >= 0.3 is 0 Å². The zero-order valence-electron chi connectivity index (χ0n) is 9.16. The van der Waals surface area contributed by atoms with Crippen molar-refractivity contribution in [2.45, 2.75) is 24.7 Å². The molecule has 0 saturated heterocycles. The van der Waals surface area contributed by atoms with E-state index in [0.29, 0.717) is 10.6 Å². The maximum atomic E-state index is 11.4. The average molecular weight is 227 g/mol. The zero-order valence-corrected chi connectivity index (χ0v) is 9.97. The highest BCUT2D eigenvalue weighted by molar-refractivity contribution is 7.90. The number of rotatable bonds is 5. The van der Waals surface area contributed by atoms with E-state index < -0.39 is 9.84 Å². The quantitative estimate of drug-likeness (QED) is 0.785. The number of anilines is 1. The lowest BCUT2D eigenvalue weighted by atomic mass is 10.3. The summed E-state index contributed by atoms with van der Waals surface area (Å²) < 4.78 is 22.9. The van der Waals surface area contributed by atoms with Crippen LogP contribution >= 0.6 is 0 Å². The highest BCUT2D eigenvalue weighted by atomic mass is 32.2. The van der Waals surface area contributed by atoms with Crippen LogP contribution in [0.1, 0.15) is 19.8 Å². The van der Waals surface area contributed by atoms with Gasteiger partial charge in [-0.3, -0.25) is 0 Å². The number of hydrogen-bond acceptors (Lipinski definition) is 3. The molecule has 0 unspecified atom stereocenters. The SMILES string of the molecule is CCCCNc1ccccc1S(C)(=O)=O. The third-order valence-electron chi connectivity index (χ3n) is 2.13. The normalized spacial score (nSPS) is 11.3. The van der Waals surface area contributed by atoms with Crippen LogP contribution in [0, 0.1) is 0 Å². The van der Waals surface area contributed by atoms with Gasteiger partial charge in [0.2, 0.25) is 0 Å². The Hall–Kier alpha value is -1.03. The van der Waals surface area contributed by atoms with Gasteiger partial charge in [-0.1, -0.05) is 25.5 Å². The summed E-state index contributed by atoms with van der Waals surface area (Å²) in [4.78, 5) is 0.376. The second kappa shape index (κ2) is 5.16. The Morgan fingerprint density at radius 2 is 1.93 bits per heavy atom. The number of benzene rings is 1. The molecule has 0 atom stereocenters. The molecule has 0 spiro atoms. The number of para-hydroxylation sites is 1. The Labute approximate surface area is 91.4 Å². The molecule has 1 N–H and O–H groups in total. The smallest absolute Gasteiger partial charge is 0.177 e. The molecular formula is C11H17NO2S. The fourth-order valence-electron chi connectivity index (χ4n) is 1.34. The maximum Gasteiger partial charge on any atom is 0.177 e. The van der Waals surface area contributed by atoms with Crippen molar-refractivity contribution < 1.29 is 8.42 Å². The van der Waals surface area contributed by atoms with Gasteiger partial charge < -0.3 is 5.32 Å². The third-order valence-corrected chi connectivity index (χ3v) is 3.29. The minimum absolute atomic E-state index is 0.376. The van der Waals surface area contributed by atoms with Gasteiger partial charge in [0.15, 0.2) is 9.84 Å². The topological polar surface area (TPSA) is 46.2 Å². The number of unbranched alkanes of at least 4 members (excludes halogenated alkanes) is 1. The lowest BCUT2D eigenvalue weighted by molar-refractivity contribution is 0.602. The van der Waals surface area contributed by atoms with Gasteiger partial charge in [-0.2, -0.15) is 0 Å². The molecule has 0 fully saturated rings. The van der Waals surface area contributed by atoms with Crippen molar-refractivity contribution in [2.24, 2.45) is 0 Å². The summed E-state index contributed by atoms with van der Waals surface area (Å²) in [5, 5.41) is 3.14. The highest BCUT2D eigenvalue weighted by Crippen LogP contribution is 2.20. The first-order chi connectivity index (χ1) is 7.05. The molecule has 4 heteroatoms. The molecule has 84 valence electrons. The van der Waals surface area contributed by atoms with Crippen LogP contribution < -0.4 is 5.32 Å². The Balaban J connectivity index is 2.88. The molecule has 0 aliphatic heterocycles. The van der Waals surface area contributed by atoms with E-state index in [0.717, 1.165) is 19.4 Å². The number of nitrogens with one attached hydrogen (secondary N) is 1. The van der Waals surface area contributed by atoms with Crippen molar-refractivity contribution >= 4 is 15.5 Å². The lowest BCUT2D eigenvalue weighted by Crippen LogP contribution is -2.06. The Morgan fingerprint density at radius 3 is 2.53 bits per heavy atom. The van der Waals surface area contributed by atoms with Gasteiger partial charge in [-0.25, -0.2) is 8.42 Å². The van der Waals surface area contributed by atoms with E-state index in [1.165, 1.54) is 6.26 Å². The molecule has 0 aliphatic carbocycles. The van der Waals surface area contributed by atoms with Gasteiger partial charge in [0.05, 0.1) is 10.6 Å². The fourth-order valence-corrected chi connectivity index (χ4v) is 2.20. The van der Waals surface area contributed by atoms with Crippen molar-refractivity contribution in [1.82, 2.24) is 0 Å². The first-order valence-corrected chi connectivity index (χ1v) is 6.98. The predicted octanol–water partition coefficient (Wildman–Crippen LogP) is 2.30. The van der Waals surface area contributed by atoms with Gasteiger partial charge in [-0.05, 0) is 18.6 Å². The standard InChI is InChI=1S/C11H17NO2S/c1-3-4-9-12-10-7-5-6-8-11(10)15(2,13)14/h5-8,12H,3-4,9H2,1-2H3. The molecule has 1 aromatic rings. The molecule has 0 bridgehead atoms. The minimum atomic E-state index is -3.13. The van der Waals surface area contributed by atoms with Crippen LogP contribution in [-0.4, -0.2) is 21.2 Å². The third kappa shape index (κ3) is 3.55. The summed E-state index contributed by atoms with van der Waals surface area (Å²) in [6.07, 6.45) is 3.36. The van der Waals surface area contributed by atoms with Gasteiger partial charge in [-0.15, -0.1) is 0 Å². The van der Waals surface area contributed by atoms with Crippen molar-refractivity contribution in [1.29, 1.82) is 0 Å². The molecule has 0 radical (unpaired) electrons. The summed E-state index contributed by atoms with van der Waals surface area (Å²) in [6, 6.07) is 7.00. The van der Waals surface area contributed by atoms with Crippen LogP contribution in [0.15, 0.2) is 29.2 Å². The fraction of sp³-hybridized carbons (Fsp3) is 0.455. The van der Waals surface area contributed by atoms with E-state index in [1.54, 1.807) is 18.2 Å². The summed E-state index contributed by atoms with van der Waals surface area (Å²) in [6.45, 7) is 2.91. The molecule has 15 heavy (non-hydrogen) atoms. The second-order valence-electron chi connectivity index (χ2n) is 3.55. The molecule has 3 nitrogen and oxygen atoms in total. The van der Waals surface area contributed by atoms with E-state index in [1.807, 2.05) is 6.07 Å². The predicted molar refractivity (Wildman–Crippen MR) is 62.9 cm³/mol. The van der Waals surface area contributed by atoms with Crippen LogP contribution in [0.2, 0.25) is 0 Å². The van der Waals surface area contributed by atoms with Crippen LogP contribution in [-0.2, 0) is 9.84 Å². The van der Waals surface area contributed by atoms with E-state index in [4.69, 9.17) is 0 Å². The number of hydrogen-bond donors (Lipinski definition) is 1. The average Bonchev–Trinajstić information content (AvgIpc) is 2.17. The molecule has 1 rings (SSSR count). The van der Waals surface area contributed by atoms with Crippen molar-refractivity contribution in [3.63, 3.8) is 0 Å². The molecule has 1 aromatic carbocycles. The summed E-state index contributed by atoms with van der Waals surface area (Å²) in [5.74, 6) is 0. The molecule has 0 aromatic heterocycles. The van der Waals surface area contributed by atoms with Gasteiger partial charge in [0, 0.05) is 12.8 Å². The van der Waals surface area contributed by atoms with E-state index >= 15 is 0 Å². The van der Waals surface area contributed by atoms with E-state index in [-0.39, 0.29) is 0 Å².